The molecule has 0 radical (unpaired) electrons. The molecule has 2 aromatic heterocycles. The molecule has 0 fully saturated rings. The summed E-state index contributed by atoms with van der Waals surface area (Å²) < 4.78 is 15.2. The van der Waals surface area contributed by atoms with E-state index in [1.54, 1.807) is 6.20 Å². The number of imidazole rings is 1. The molecule has 3 rings (SSSR count). The smallest absolute Gasteiger partial charge is 0.226 e. The van der Waals surface area contributed by atoms with Crippen molar-refractivity contribution in [1.82, 2.24) is 14.7 Å². The third-order valence-electron chi connectivity index (χ3n) is 3.58. The van der Waals surface area contributed by atoms with Crippen LogP contribution in [0.2, 0.25) is 5.02 Å². The first-order chi connectivity index (χ1) is 11.5. The normalized spacial score (nSPS) is 12.3. The number of nitrogens with zero attached hydrogens (tertiary/aromatic N) is 2. The Morgan fingerprint density at radius 3 is 2.96 bits per heavy atom. The van der Waals surface area contributed by atoms with E-state index in [0.29, 0.717) is 11.3 Å². The maximum atomic E-state index is 13.4. The zero-order valence-electron chi connectivity index (χ0n) is 12.6. The lowest BCUT2D eigenvalue weighted by Gasteiger charge is -2.12. The third kappa shape index (κ3) is 3.72. The molecule has 1 atom stereocenters. The van der Waals surface area contributed by atoms with Crippen LogP contribution in [0, 0.1) is 5.82 Å². The lowest BCUT2D eigenvalue weighted by Crippen LogP contribution is -2.29. The monoisotopic (exact) mass is 347 g/mol. The number of hydrogen-bond acceptors (Lipinski definition) is 3. The number of aromatic nitrogens is 2. The number of fused-ring (bicyclic) bond motifs is 1. The van der Waals surface area contributed by atoms with Crippen LogP contribution < -0.4 is 5.32 Å². The molecule has 0 bridgehead atoms. The first kappa shape index (κ1) is 16.4. The van der Waals surface area contributed by atoms with E-state index in [2.05, 4.69) is 10.3 Å². The van der Waals surface area contributed by atoms with Gasteiger partial charge in [0.15, 0.2) is 0 Å². The third-order valence-corrected chi connectivity index (χ3v) is 3.88. The van der Waals surface area contributed by atoms with Crippen LogP contribution in [0.25, 0.3) is 5.65 Å². The molecule has 1 unspecified atom stereocenters. The Morgan fingerprint density at radius 1 is 1.38 bits per heavy atom. The Labute approximate surface area is 142 Å². The molecule has 0 spiro atoms. The lowest BCUT2D eigenvalue weighted by molar-refractivity contribution is -0.120. The van der Waals surface area contributed by atoms with Crippen molar-refractivity contribution in [1.29, 1.82) is 0 Å². The van der Waals surface area contributed by atoms with Crippen molar-refractivity contribution in [2.75, 3.05) is 6.54 Å². The summed E-state index contributed by atoms with van der Waals surface area (Å²) in [4.78, 5) is 16.3. The molecule has 0 aliphatic rings. The van der Waals surface area contributed by atoms with Gasteiger partial charge in [-0.25, -0.2) is 9.37 Å². The highest BCUT2D eigenvalue weighted by Crippen LogP contribution is 2.19. The Morgan fingerprint density at radius 2 is 2.21 bits per heavy atom. The number of nitrogens with one attached hydrogen (secondary N) is 1. The van der Waals surface area contributed by atoms with Gasteiger partial charge in [0.1, 0.15) is 11.5 Å². The fraction of sp³-hybridized carbons (Fsp3) is 0.176. The number of aliphatic hydroxyl groups excluding tert-OH is 1. The molecule has 2 N–H and O–H groups in total. The summed E-state index contributed by atoms with van der Waals surface area (Å²) in [5, 5.41) is 12.6. The van der Waals surface area contributed by atoms with Crippen LogP contribution in [0.4, 0.5) is 4.39 Å². The number of aliphatic hydroxyl groups is 1. The Balaban J connectivity index is 1.57. The molecule has 0 aliphatic carbocycles. The highest BCUT2D eigenvalue weighted by molar-refractivity contribution is 6.30. The van der Waals surface area contributed by atoms with Crippen LogP contribution in [0.3, 0.4) is 0 Å². The summed E-state index contributed by atoms with van der Waals surface area (Å²) in [6.45, 7) is -0.0206. The van der Waals surface area contributed by atoms with Crippen molar-refractivity contribution in [2.24, 2.45) is 0 Å². The number of carbonyl (C=O) groups is 1. The molecule has 0 saturated heterocycles. The first-order valence-electron chi connectivity index (χ1n) is 7.35. The predicted molar refractivity (Wildman–Crippen MR) is 88.3 cm³/mol. The summed E-state index contributed by atoms with van der Waals surface area (Å²) in [6.07, 6.45) is 2.72. The number of halogens is 2. The standard InChI is InChI=1S/C17H15ClFN3O2/c18-13-5-4-11(7-14(13)19)15(23)9-20-17(24)8-12-10-22-6-2-1-3-16(22)21-12/h1-7,10,15,23H,8-9H2,(H,20,24). The zero-order chi connectivity index (χ0) is 17.1. The van der Waals surface area contributed by atoms with E-state index in [9.17, 15) is 14.3 Å². The van der Waals surface area contributed by atoms with Gasteiger partial charge >= 0.3 is 0 Å². The second kappa shape index (κ2) is 6.98. The maximum absolute atomic E-state index is 13.4. The fourth-order valence-corrected chi connectivity index (χ4v) is 2.46. The van der Waals surface area contributed by atoms with Gasteiger partial charge < -0.3 is 14.8 Å². The maximum Gasteiger partial charge on any atom is 0.226 e. The fourth-order valence-electron chi connectivity index (χ4n) is 2.35. The van der Waals surface area contributed by atoms with Gasteiger partial charge in [-0.15, -0.1) is 0 Å². The molecule has 2 heterocycles. The van der Waals surface area contributed by atoms with E-state index in [-0.39, 0.29) is 23.9 Å². The van der Waals surface area contributed by atoms with Crippen LogP contribution in [-0.4, -0.2) is 26.9 Å². The van der Waals surface area contributed by atoms with Gasteiger partial charge in [0, 0.05) is 18.9 Å². The topological polar surface area (TPSA) is 66.6 Å². The summed E-state index contributed by atoms with van der Waals surface area (Å²) >= 11 is 5.60. The number of benzene rings is 1. The van der Waals surface area contributed by atoms with Gasteiger partial charge in [-0.05, 0) is 29.8 Å². The number of hydrogen-bond donors (Lipinski definition) is 2. The molecule has 5 nitrogen and oxygen atoms in total. The van der Waals surface area contributed by atoms with E-state index in [0.717, 1.165) is 11.7 Å². The van der Waals surface area contributed by atoms with Crippen LogP contribution in [0.1, 0.15) is 17.4 Å². The van der Waals surface area contributed by atoms with Gasteiger partial charge in [-0.2, -0.15) is 0 Å². The number of carbonyl (C=O) groups excluding carboxylic acids is 1. The SMILES string of the molecule is O=C(Cc1cn2ccccc2n1)NCC(O)c1ccc(Cl)c(F)c1. The molecule has 1 aromatic carbocycles. The largest absolute Gasteiger partial charge is 0.387 e. The lowest BCUT2D eigenvalue weighted by atomic mass is 10.1. The van der Waals surface area contributed by atoms with Gasteiger partial charge in [0.25, 0.3) is 0 Å². The van der Waals surface area contributed by atoms with Gasteiger partial charge in [-0.3, -0.25) is 4.79 Å². The summed E-state index contributed by atoms with van der Waals surface area (Å²) in [5.74, 6) is -0.879. The molecule has 3 aromatic rings. The molecular formula is C17H15ClFN3O2. The predicted octanol–water partition coefficient (Wildman–Crippen LogP) is 2.52. The molecule has 0 aliphatic heterocycles. The van der Waals surface area contributed by atoms with E-state index in [1.807, 2.05) is 28.8 Å². The van der Waals surface area contributed by atoms with Crippen LogP contribution >= 0.6 is 11.6 Å². The van der Waals surface area contributed by atoms with E-state index in [1.165, 1.54) is 12.1 Å². The van der Waals surface area contributed by atoms with Crippen molar-refractivity contribution in [3.63, 3.8) is 0 Å². The summed E-state index contributed by atoms with van der Waals surface area (Å²) in [5.41, 5.74) is 1.74. The van der Waals surface area contributed by atoms with Crippen LogP contribution in [-0.2, 0) is 11.2 Å². The summed E-state index contributed by atoms with van der Waals surface area (Å²) in [7, 11) is 0. The van der Waals surface area contributed by atoms with Gasteiger partial charge in [0.2, 0.25) is 5.91 Å². The Bertz CT molecular complexity index is 848. The van der Waals surface area contributed by atoms with Crippen molar-refractivity contribution in [3.05, 3.63) is 70.9 Å². The van der Waals surface area contributed by atoms with Gasteiger partial charge in [0.05, 0.1) is 23.2 Å². The van der Waals surface area contributed by atoms with E-state index < -0.39 is 11.9 Å². The molecule has 24 heavy (non-hydrogen) atoms. The van der Waals surface area contributed by atoms with Gasteiger partial charge in [-0.1, -0.05) is 23.7 Å². The molecule has 7 heteroatoms. The minimum atomic E-state index is -1.01. The molecule has 124 valence electrons. The number of rotatable bonds is 5. The van der Waals surface area contributed by atoms with Crippen LogP contribution in [0.5, 0.6) is 0 Å². The van der Waals surface area contributed by atoms with Crippen LogP contribution in [0.15, 0.2) is 48.8 Å². The summed E-state index contributed by atoms with van der Waals surface area (Å²) in [6, 6.07) is 9.63. The quantitative estimate of drug-likeness (QED) is 0.745. The van der Waals surface area contributed by atoms with Crippen molar-refractivity contribution >= 4 is 23.2 Å². The minimum absolute atomic E-state index is 0.0122. The number of amides is 1. The van der Waals surface area contributed by atoms with Crippen molar-refractivity contribution in [2.45, 2.75) is 12.5 Å². The van der Waals surface area contributed by atoms with E-state index in [4.69, 9.17) is 11.6 Å². The first-order valence-corrected chi connectivity index (χ1v) is 7.73. The Hall–Kier alpha value is -2.44. The average Bonchev–Trinajstić information content (AvgIpc) is 2.97. The van der Waals surface area contributed by atoms with Crippen molar-refractivity contribution < 1.29 is 14.3 Å². The zero-order valence-corrected chi connectivity index (χ0v) is 13.4. The minimum Gasteiger partial charge on any atom is -0.387 e. The number of pyridine rings is 1. The molecular weight excluding hydrogens is 333 g/mol. The molecule has 1 amide bonds. The second-order valence-corrected chi connectivity index (χ2v) is 5.78. The highest BCUT2D eigenvalue weighted by Gasteiger charge is 2.13. The van der Waals surface area contributed by atoms with Crippen molar-refractivity contribution in [3.8, 4) is 0 Å². The second-order valence-electron chi connectivity index (χ2n) is 5.37. The molecule has 0 saturated carbocycles. The van der Waals surface area contributed by atoms with E-state index >= 15 is 0 Å². The average molecular weight is 348 g/mol. The highest BCUT2D eigenvalue weighted by atomic mass is 35.5. The Kier molecular flexibility index (Phi) is 4.78.